The van der Waals surface area contributed by atoms with Crippen molar-refractivity contribution < 1.29 is 8.42 Å². The molecule has 0 aliphatic rings. The minimum atomic E-state index is -3.70. The molecule has 0 aromatic carbocycles. The van der Waals surface area contributed by atoms with Gasteiger partial charge in [-0.2, -0.15) is 5.10 Å². The first-order valence-corrected chi connectivity index (χ1v) is 8.32. The van der Waals surface area contributed by atoms with Crippen LogP contribution in [0, 0.1) is 6.92 Å². The van der Waals surface area contributed by atoms with E-state index in [4.69, 9.17) is 0 Å². The van der Waals surface area contributed by atoms with Crippen LogP contribution in [-0.4, -0.2) is 30.6 Å². The summed E-state index contributed by atoms with van der Waals surface area (Å²) in [5.41, 5.74) is 1.44. The summed E-state index contributed by atoms with van der Waals surface area (Å²) in [6.07, 6.45) is 1.38. The average Bonchev–Trinajstić information content (AvgIpc) is 2.46. The van der Waals surface area contributed by atoms with E-state index in [1.165, 1.54) is 13.2 Å². The first-order chi connectivity index (χ1) is 10.1. The number of anilines is 1. The molecular formula is C15H20N4O2S. The molecule has 2 aromatic heterocycles. The molecule has 2 rings (SSSR count). The smallest absolute Gasteiger partial charge is 0.259 e. The van der Waals surface area contributed by atoms with Crippen LogP contribution in [0.5, 0.6) is 0 Å². The number of hydrogen-bond acceptors (Lipinski definition) is 5. The van der Waals surface area contributed by atoms with Gasteiger partial charge in [0.2, 0.25) is 0 Å². The second-order valence-corrected chi connectivity index (χ2v) is 8.10. The molecule has 0 spiro atoms. The summed E-state index contributed by atoms with van der Waals surface area (Å²) in [5.74, 6) is 0.269. The van der Waals surface area contributed by atoms with Gasteiger partial charge >= 0.3 is 0 Å². The van der Waals surface area contributed by atoms with Gasteiger partial charge < -0.3 is 0 Å². The van der Waals surface area contributed by atoms with Gasteiger partial charge in [0, 0.05) is 24.4 Å². The third-order valence-electron chi connectivity index (χ3n) is 3.27. The molecule has 6 nitrogen and oxygen atoms in total. The zero-order valence-electron chi connectivity index (χ0n) is 13.4. The van der Waals surface area contributed by atoms with Crippen LogP contribution in [0.2, 0.25) is 0 Å². The molecule has 22 heavy (non-hydrogen) atoms. The van der Waals surface area contributed by atoms with Gasteiger partial charge in [0.25, 0.3) is 10.0 Å². The molecule has 0 radical (unpaired) electrons. The summed E-state index contributed by atoms with van der Waals surface area (Å²) in [7, 11) is -2.25. The maximum Gasteiger partial charge on any atom is 0.266 e. The predicted octanol–water partition coefficient (Wildman–Crippen LogP) is 2.30. The Morgan fingerprint density at radius 2 is 1.73 bits per heavy atom. The zero-order chi connectivity index (χ0) is 16.5. The summed E-state index contributed by atoms with van der Waals surface area (Å²) in [4.78, 5) is 4.39. The molecule has 0 saturated carbocycles. The second kappa shape index (κ2) is 5.64. The molecule has 0 atom stereocenters. The van der Waals surface area contributed by atoms with Crippen molar-refractivity contribution in [2.45, 2.75) is 38.0 Å². The Hall–Kier alpha value is -2.02. The molecular weight excluding hydrogens is 300 g/mol. The number of nitrogens with zero attached hydrogens (tertiary/aromatic N) is 4. The molecule has 0 saturated heterocycles. The van der Waals surface area contributed by atoms with E-state index in [0.29, 0.717) is 0 Å². The molecule has 0 N–H and O–H groups in total. The third kappa shape index (κ3) is 3.24. The van der Waals surface area contributed by atoms with Crippen LogP contribution in [0.15, 0.2) is 35.4 Å². The van der Waals surface area contributed by atoms with E-state index in [1.54, 1.807) is 31.2 Å². The Labute approximate surface area is 131 Å². The van der Waals surface area contributed by atoms with Gasteiger partial charge in [0.05, 0.1) is 5.69 Å². The van der Waals surface area contributed by atoms with E-state index >= 15 is 0 Å². The highest BCUT2D eigenvalue weighted by Crippen LogP contribution is 2.23. The van der Waals surface area contributed by atoms with E-state index in [-0.39, 0.29) is 16.1 Å². The Balaban J connectivity index is 2.35. The van der Waals surface area contributed by atoms with Gasteiger partial charge in [-0.1, -0.05) is 20.8 Å². The van der Waals surface area contributed by atoms with Crippen molar-refractivity contribution in [3.8, 4) is 0 Å². The van der Waals surface area contributed by atoms with Gasteiger partial charge in [-0.25, -0.2) is 8.42 Å². The SMILES string of the molecule is Cc1ccc(N(C)S(=O)(=O)c2ccc(C(C)(C)C)nc2)nn1. The van der Waals surface area contributed by atoms with Crippen molar-refractivity contribution in [2.75, 3.05) is 11.4 Å². The van der Waals surface area contributed by atoms with Gasteiger partial charge in [0.1, 0.15) is 4.90 Å². The van der Waals surface area contributed by atoms with Crippen LogP contribution in [0.1, 0.15) is 32.2 Å². The Morgan fingerprint density at radius 3 is 2.18 bits per heavy atom. The summed E-state index contributed by atoms with van der Waals surface area (Å²) < 4.78 is 26.3. The van der Waals surface area contributed by atoms with E-state index in [9.17, 15) is 8.42 Å². The van der Waals surface area contributed by atoms with Crippen molar-refractivity contribution in [1.82, 2.24) is 15.2 Å². The molecule has 7 heteroatoms. The van der Waals surface area contributed by atoms with Crippen LogP contribution in [-0.2, 0) is 15.4 Å². The number of rotatable bonds is 3. The highest BCUT2D eigenvalue weighted by atomic mass is 32.2. The molecule has 118 valence electrons. The fourth-order valence-electron chi connectivity index (χ4n) is 1.82. The van der Waals surface area contributed by atoms with E-state index < -0.39 is 10.0 Å². The molecule has 2 heterocycles. The number of sulfonamides is 1. The largest absolute Gasteiger partial charge is 0.266 e. The van der Waals surface area contributed by atoms with E-state index in [2.05, 4.69) is 15.2 Å². The van der Waals surface area contributed by atoms with Crippen LogP contribution in [0.3, 0.4) is 0 Å². The van der Waals surface area contributed by atoms with Gasteiger partial charge in [-0.05, 0) is 31.2 Å². The van der Waals surface area contributed by atoms with Crippen molar-refractivity contribution in [1.29, 1.82) is 0 Å². The van der Waals surface area contributed by atoms with Crippen molar-refractivity contribution in [2.24, 2.45) is 0 Å². The minimum absolute atomic E-state index is 0.128. The van der Waals surface area contributed by atoms with Gasteiger partial charge in [-0.15, -0.1) is 5.10 Å². The Kier molecular flexibility index (Phi) is 4.19. The molecule has 0 fully saturated rings. The van der Waals surface area contributed by atoms with Gasteiger partial charge in [0.15, 0.2) is 5.82 Å². The number of hydrogen-bond donors (Lipinski definition) is 0. The van der Waals surface area contributed by atoms with Crippen molar-refractivity contribution in [3.63, 3.8) is 0 Å². The quantitative estimate of drug-likeness (QED) is 0.867. The molecule has 0 bridgehead atoms. The number of aryl methyl sites for hydroxylation is 1. The van der Waals surface area contributed by atoms with Crippen LogP contribution >= 0.6 is 0 Å². The van der Waals surface area contributed by atoms with Crippen molar-refractivity contribution >= 4 is 15.8 Å². The fourth-order valence-corrected chi connectivity index (χ4v) is 2.90. The summed E-state index contributed by atoms with van der Waals surface area (Å²) in [5, 5.41) is 7.79. The van der Waals surface area contributed by atoms with Crippen LogP contribution in [0.4, 0.5) is 5.82 Å². The normalized spacial score (nSPS) is 12.2. The van der Waals surface area contributed by atoms with Gasteiger partial charge in [-0.3, -0.25) is 9.29 Å². The number of pyridine rings is 1. The highest BCUT2D eigenvalue weighted by molar-refractivity contribution is 7.92. The zero-order valence-corrected chi connectivity index (χ0v) is 14.2. The third-order valence-corrected chi connectivity index (χ3v) is 5.01. The van der Waals surface area contributed by atoms with E-state index in [0.717, 1.165) is 15.7 Å². The molecule has 0 aliphatic carbocycles. The standard InChI is InChI=1S/C15H20N4O2S/c1-11-6-9-14(18-17-11)19(5)22(20,21)12-7-8-13(16-10-12)15(2,3)4/h6-10H,1-5H3. The maximum atomic E-state index is 12.6. The van der Waals surface area contributed by atoms with Crippen LogP contribution in [0.25, 0.3) is 0 Å². The maximum absolute atomic E-state index is 12.6. The lowest BCUT2D eigenvalue weighted by Gasteiger charge is -2.20. The first kappa shape index (κ1) is 16.4. The summed E-state index contributed by atoms with van der Waals surface area (Å²) in [6.45, 7) is 7.87. The molecule has 0 amide bonds. The topological polar surface area (TPSA) is 76.1 Å². The minimum Gasteiger partial charge on any atom is -0.259 e. The molecule has 0 aliphatic heterocycles. The van der Waals surface area contributed by atoms with Crippen LogP contribution < -0.4 is 4.31 Å². The average molecular weight is 320 g/mol. The lowest BCUT2D eigenvalue weighted by atomic mass is 9.92. The Bertz CT molecular complexity index is 748. The second-order valence-electron chi connectivity index (χ2n) is 6.13. The fraction of sp³-hybridized carbons (Fsp3) is 0.400. The first-order valence-electron chi connectivity index (χ1n) is 6.88. The highest BCUT2D eigenvalue weighted by Gasteiger charge is 2.24. The lowest BCUT2D eigenvalue weighted by molar-refractivity contribution is 0.565. The molecule has 0 unspecified atom stereocenters. The summed E-state index contributed by atoms with van der Waals surface area (Å²) >= 11 is 0. The Morgan fingerprint density at radius 1 is 1.05 bits per heavy atom. The van der Waals surface area contributed by atoms with E-state index in [1.807, 2.05) is 20.8 Å². The lowest BCUT2D eigenvalue weighted by Crippen LogP contribution is -2.28. The predicted molar refractivity (Wildman–Crippen MR) is 85.3 cm³/mol. The summed E-state index contributed by atoms with van der Waals surface area (Å²) in [6, 6.07) is 6.65. The number of aromatic nitrogens is 3. The van der Waals surface area contributed by atoms with Crippen molar-refractivity contribution in [3.05, 3.63) is 41.9 Å². The monoisotopic (exact) mass is 320 g/mol. The molecule has 2 aromatic rings.